The van der Waals surface area contributed by atoms with Gasteiger partial charge in [-0.05, 0) is 13.0 Å². The van der Waals surface area contributed by atoms with Crippen LogP contribution in [0.5, 0.6) is 5.75 Å². The van der Waals surface area contributed by atoms with Crippen molar-refractivity contribution in [2.24, 2.45) is 0 Å². The third kappa shape index (κ3) is 6.25. The zero-order valence-electron chi connectivity index (χ0n) is 11.5. The number of hydrogen-bond acceptors (Lipinski definition) is 4. The maximum atomic E-state index is 9.23. The lowest BCUT2D eigenvalue weighted by atomic mass is 10.2. The minimum Gasteiger partial charge on any atom is -0.492 e. The second kappa shape index (κ2) is 9.15. The molecule has 0 heterocycles. The number of rotatable bonds is 9. The molecule has 0 spiro atoms. The van der Waals surface area contributed by atoms with Crippen molar-refractivity contribution >= 4 is 11.6 Å². The summed E-state index contributed by atoms with van der Waals surface area (Å²) in [6, 6.07) is 5.68. The van der Waals surface area contributed by atoms with Crippen LogP contribution < -0.4 is 10.1 Å². The van der Waals surface area contributed by atoms with Gasteiger partial charge in [-0.1, -0.05) is 23.7 Å². The van der Waals surface area contributed by atoms with Gasteiger partial charge in [-0.15, -0.1) is 0 Å². The SMILES string of the molecule is COCCNCc1cccc(Cl)c1OCCC(C)O. The fourth-order valence-electron chi connectivity index (χ4n) is 1.58. The molecule has 4 nitrogen and oxygen atoms in total. The first-order chi connectivity index (χ1) is 9.15. The number of benzene rings is 1. The van der Waals surface area contributed by atoms with Gasteiger partial charge >= 0.3 is 0 Å². The summed E-state index contributed by atoms with van der Waals surface area (Å²) in [6.07, 6.45) is 0.215. The maximum Gasteiger partial charge on any atom is 0.142 e. The van der Waals surface area contributed by atoms with Crippen LogP contribution in [-0.2, 0) is 11.3 Å². The molecule has 5 heteroatoms. The normalized spacial score (nSPS) is 12.4. The Labute approximate surface area is 119 Å². The molecule has 0 saturated carbocycles. The predicted molar refractivity (Wildman–Crippen MR) is 76.8 cm³/mol. The van der Waals surface area contributed by atoms with Crippen LogP contribution in [0.3, 0.4) is 0 Å². The highest BCUT2D eigenvalue weighted by molar-refractivity contribution is 6.32. The highest BCUT2D eigenvalue weighted by Gasteiger charge is 2.08. The van der Waals surface area contributed by atoms with Crippen LogP contribution in [-0.4, -0.2) is 38.1 Å². The van der Waals surface area contributed by atoms with E-state index in [0.717, 1.165) is 12.1 Å². The van der Waals surface area contributed by atoms with Crippen molar-refractivity contribution in [3.8, 4) is 5.75 Å². The summed E-state index contributed by atoms with van der Waals surface area (Å²) < 4.78 is 10.6. The van der Waals surface area contributed by atoms with E-state index >= 15 is 0 Å². The maximum absolute atomic E-state index is 9.23. The molecule has 1 unspecified atom stereocenters. The molecule has 0 fully saturated rings. The fourth-order valence-corrected chi connectivity index (χ4v) is 1.83. The minimum atomic E-state index is -0.370. The van der Waals surface area contributed by atoms with Gasteiger partial charge in [-0.2, -0.15) is 0 Å². The molecule has 0 aliphatic carbocycles. The number of aliphatic hydroxyl groups excluding tert-OH is 1. The molecule has 1 aromatic carbocycles. The Balaban J connectivity index is 2.56. The molecule has 0 aliphatic rings. The van der Waals surface area contributed by atoms with Crippen molar-refractivity contribution in [3.05, 3.63) is 28.8 Å². The summed E-state index contributed by atoms with van der Waals surface area (Å²) in [5, 5.41) is 13.1. The van der Waals surface area contributed by atoms with Crippen LogP contribution in [0, 0.1) is 0 Å². The van der Waals surface area contributed by atoms with Crippen molar-refractivity contribution in [1.29, 1.82) is 0 Å². The molecule has 0 saturated heterocycles. The average molecular weight is 288 g/mol. The third-order valence-electron chi connectivity index (χ3n) is 2.63. The summed E-state index contributed by atoms with van der Waals surface area (Å²) >= 11 is 6.14. The lowest BCUT2D eigenvalue weighted by Crippen LogP contribution is -2.19. The molecule has 19 heavy (non-hydrogen) atoms. The molecule has 0 aliphatic heterocycles. The molecule has 1 rings (SSSR count). The van der Waals surface area contributed by atoms with E-state index in [9.17, 15) is 5.11 Å². The first kappa shape index (κ1) is 16.2. The van der Waals surface area contributed by atoms with E-state index in [2.05, 4.69) is 5.32 Å². The van der Waals surface area contributed by atoms with Crippen LogP contribution in [0.4, 0.5) is 0 Å². The van der Waals surface area contributed by atoms with Gasteiger partial charge in [0.1, 0.15) is 5.75 Å². The van der Waals surface area contributed by atoms with E-state index in [4.69, 9.17) is 21.1 Å². The van der Waals surface area contributed by atoms with Gasteiger partial charge in [-0.25, -0.2) is 0 Å². The third-order valence-corrected chi connectivity index (χ3v) is 2.93. The Morgan fingerprint density at radius 1 is 1.37 bits per heavy atom. The molecule has 108 valence electrons. The number of halogens is 1. The van der Waals surface area contributed by atoms with Crippen molar-refractivity contribution in [3.63, 3.8) is 0 Å². The molecular formula is C14H22ClNO3. The summed E-state index contributed by atoms with van der Waals surface area (Å²) in [5.74, 6) is 0.690. The van der Waals surface area contributed by atoms with Crippen LogP contribution >= 0.6 is 11.6 Å². The average Bonchev–Trinajstić information content (AvgIpc) is 2.37. The Bertz CT molecular complexity index is 372. The standard InChI is InChI=1S/C14H22ClNO3/c1-11(17)6-8-19-14-12(4-3-5-13(14)15)10-16-7-9-18-2/h3-5,11,16-17H,6-10H2,1-2H3. The van der Waals surface area contributed by atoms with E-state index in [-0.39, 0.29) is 6.10 Å². The molecular weight excluding hydrogens is 266 g/mol. The number of ether oxygens (including phenoxy) is 2. The topological polar surface area (TPSA) is 50.7 Å². The second-order valence-electron chi connectivity index (χ2n) is 4.38. The Morgan fingerprint density at radius 2 is 2.16 bits per heavy atom. The van der Waals surface area contributed by atoms with Crippen molar-refractivity contribution in [2.75, 3.05) is 26.9 Å². The predicted octanol–water partition coefficient (Wildman–Crippen LogP) is 2.23. The van der Waals surface area contributed by atoms with Gasteiger partial charge < -0.3 is 19.9 Å². The van der Waals surface area contributed by atoms with Crippen molar-refractivity contribution in [1.82, 2.24) is 5.32 Å². The number of nitrogens with one attached hydrogen (secondary N) is 1. The van der Waals surface area contributed by atoms with E-state index in [1.807, 2.05) is 12.1 Å². The van der Waals surface area contributed by atoms with Gasteiger partial charge in [0.15, 0.2) is 0 Å². The minimum absolute atomic E-state index is 0.370. The Morgan fingerprint density at radius 3 is 2.84 bits per heavy atom. The summed E-state index contributed by atoms with van der Waals surface area (Å²) in [6.45, 7) is 4.30. The van der Waals surface area contributed by atoms with Crippen LogP contribution in [0.2, 0.25) is 5.02 Å². The lowest BCUT2D eigenvalue weighted by Gasteiger charge is -2.14. The number of hydrogen-bond donors (Lipinski definition) is 2. The highest BCUT2D eigenvalue weighted by Crippen LogP contribution is 2.28. The first-order valence-corrected chi connectivity index (χ1v) is 6.81. The molecule has 0 amide bonds. The van der Waals surface area contributed by atoms with Gasteiger partial charge in [0, 0.05) is 32.2 Å². The zero-order valence-corrected chi connectivity index (χ0v) is 12.2. The summed E-state index contributed by atoms with van der Waals surface area (Å²) in [7, 11) is 1.67. The van der Waals surface area contributed by atoms with Gasteiger partial charge in [0.2, 0.25) is 0 Å². The molecule has 0 bridgehead atoms. The zero-order chi connectivity index (χ0) is 14.1. The summed E-state index contributed by atoms with van der Waals surface area (Å²) in [4.78, 5) is 0. The fraction of sp³-hybridized carbons (Fsp3) is 0.571. The Hall–Kier alpha value is -0.810. The van der Waals surface area contributed by atoms with E-state index in [0.29, 0.717) is 37.0 Å². The summed E-state index contributed by atoms with van der Waals surface area (Å²) in [5.41, 5.74) is 1.01. The van der Waals surface area contributed by atoms with Crippen molar-refractivity contribution in [2.45, 2.75) is 26.0 Å². The number of aliphatic hydroxyl groups is 1. The molecule has 0 radical (unpaired) electrons. The Kier molecular flexibility index (Phi) is 7.82. The van der Waals surface area contributed by atoms with E-state index in [1.54, 1.807) is 20.1 Å². The first-order valence-electron chi connectivity index (χ1n) is 6.43. The molecule has 2 N–H and O–H groups in total. The highest BCUT2D eigenvalue weighted by atomic mass is 35.5. The van der Waals surface area contributed by atoms with Gasteiger partial charge in [-0.3, -0.25) is 0 Å². The van der Waals surface area contributed by atoms with Gasteiger partial charge in [0.05, 0.1) is 24.3 Å². The monoisotopic (exact) mass is 287 g/mol. The van der Waals surface area contributed by atoms with Gasteiger partial charge in [0.25, 0.3) is 0 Å². The van der Waals surface area contributed by atoms with Crippen LogP contribution in [0.1, 0.15) is 18.9 Å². The second-order valence-corrected chi connectivity index (χ2v) is 4.79. The van der Waals surface area contributed by atoms with E-state index < -0.39 is 0 Å². The van der Waals surface area contributed by atoms with Crippen LogP contribution in [0.15, 0.2) is 18.2 Å². The van der Waals surface area contributed by atoms with Crippen LogP contribution in [0.25, 0.3) is 0 Å². The van der Waals surface area contributed by atoms with E-state index in [1.165, 1.54) is 0 Å². The number of methoxy groups -OCH3 is 1. The molecule has 1 aromatic rings. The lowest BCUT2D eigenvalue weighted by molar-refractivity contribution is 0.155. The quantitative estimate of drug-likeness (QED) is 0.684. The molecule has 1 atom stereocenters. The smallest absolute Gasteiger partial charge is 0.142 e. The largest absolute Gasteiger partial charge is 0.492 e. The number of para-hydroxylation sites is 1. The molecule has 0 aromatic heterocycles. The van der Waals surface area contributed by atoms with Crippen molar-refractivity contribution < 1.29 is 14.6 Å².